The van der Waals surface area contributed by atoms with Gasteiger partial charge in [0.1, 0.15) is 0 Å². The minimum Gasteiger partial charge on any atom is -0.396 e. The van der Waals surface area contributed by atoms with E-state index < -0.39 is 24.1 Å². The molecule has 1 fully saturated rings. The molecule has 3 aromatic rings. The predicted octanol–water partition coefficient (Wildman–Crippen LogP) is 4.01. The number of hydrogen-bond donors (Lipinski definition) is 3. The maximum atomic E-state index is 12.9. The Kier molecular flexibility index (Phi) is 8.39. The molecule has 39 heavy (non-hydrogen) atoms. The van der Waals surface area contributed by atoms with Crippen LogP contribution in [0.3, 0.4) is 0 Å². The van der Waals surface area contributed by atoms with E-state index in [1.807, 2.05) is 30.3 Å². The fourth-order valence-corrected chi connectivity index (χ4v) is 5.27. The maximum absolute atomic E-state index is 12.9. The van der Waals surface area contributed by atoms with Crippen molar-refractivity contribution in [1.29, 1.82) is 0 Å². The summed E-state index contributed by atoms with van der Waals surface area (Å²) in [5.41, 5.74) is 3.41. The summed E-state index contributed by atoms with van der Waals surface area (Å²) >= 11 is 1.60. The zero-order chi connectivity index (χ0) is 27.4. The van der Waals surface area contributed by atoms with Gasteiger partial charge in [0.05, 0.1) is 36.5 Å². The smallest absolute Gasteiger partial charge is 0.346 e. The molecule has 3 unspecified atom stereocenters. The van der Waals surface area contributed by atoms with Crippen LogP contribution in [0.25, 0.3) is 0 Å². The number of rotatable bonds is 9. The molecule has 0 aromatic heterocycles. The van der Waals surface area contributed by atoms with Crippen LogP contribution in [-0.4, -0.2) is 52.3 Å². The van der Waals surface area contributed by atoms with E-state index in [1.165, 1.54) is 18.2 Å². The number of thioether (sulfide) groups is 1. The number of hydrogen-bond acceptors (Lipinski definition) is 9. The average molecular weight is 550 g/mol. The van der Waals surface area contributed by atoms with Crippen LogP contribution >= 0.6 is 11.8 Å². The normalized spacial score (nSPS) is 20.4. The maximum Gasteiger partial charge on any atom is 0.346 e. The lowest BCUT2D eigenvalue weighted by Crippen LogP contribution is -2.31. The lowest BCUT2D eigenvalue weighted by molar-refractivity contribution is -0.245. The molecule has 3 N–H and O–H groups in total. The third-order valence-electron chi connectivity index (χ3n) is 6.48. The monoisotopic (exact) mass is 549 g/mol. The Bertz CT molecular complexity index is 1380. The summed E-state index contributed by atoms with van der Waals surface area (Å²) in [6.07, 6.45) is -0.440. The molecular weight excluding hydrogens is 522 g/mol. The number of aliphatic hydroxyl groups is 2. The average Bonchev–Trinajstić information content (AvgIpc) is 3.25. The minimum atomic E-state index is -0.773. The first kappa shape index (κ1) is 27.0. The third kappa shape index (κ3) is 6.21. The van der Waals surface area contributed by atoms with E-state index in [-0.39, 0.29) is 42.1 Å². The van der Waals surface area contributed by atoms with Gasteiger partial charge in [0.25, 0.3) is 5.91 Å². The van der Waals surface area contributed by atoms with E-state index in [4.69, 9.17) is 9.47 Å². The second kappa shape index (κ2) is 12.1. The molecule has 0 saturated carbocycles. The van der Waals surface area contributed by atoms with Crippen LogP contribution in [0.2, 0.25) is 0 Å². The SMILES string of the molecule is O=C(Nc1cccc(C2OC(CSCCO)CC(c3ccc(CO)cc3)O2)c1)c1ccc2c(c1)C(=O)OC2=O. The van der Waals surface area contributed by atoms with E-state index in [1.54, 1.807) is 30.0 Å². The quantitative estimate of drug-likeness (QED) is 0.206. The summed E-state index contributed by atoms with van der Waals surface area (Å²) in [6.45, 7) is 0.0525. The van der Waals surface area contributed by atoms with E-state index in [0.29, 0.717) is 29.2 Å². The summed E-state index contributed by atoms with van der Waals surface area (Å²) in [5, 5.41) is 21.4. The Labute approximate surface area is 229 Å². The lowest BCUT2D eigenvalue weighted by Gasteiger charge is -2.36. The Balaban J connectivity index is 1.33. The molecule has 202 valence electrons. The lowest BCUT2D eigenvalue weighted by atomic mass is 10.0. The van der Waals surface area contributed by atoms with Gasteiger partial charge in [-0.3, -0.25) is 4.79 Å². The van der Waals surface area contributed by atoms with Gasteiger partial charge in [-0.25, -0.2) is 9.59 Å². The highest BCUT2D eigenvalue weighted by Gasteiger charge is 2.33. The van der Waals surface area contributed by atoms with Crippen molar-refractivity contribution in [3.05, 3.63) is 100 Å². The number of anilines is 1. The molecule has 3 aromatic carbocycles. The number of fused-ring (bicyclic) bond motifs is 1. The van der Waals surface area contributed by atoms with Crippen molar-refractivity contribution >= 4 is 35.3 Å². The van der Waals surface area contributed by atoms with Crippen LogP contribution in [0, 0.1) is 0 Å². The van der Waals surface area contributed by atoms with Crippen molar-refractivity contribution < 1.29 is 38.8 Å². The zero-order valence-electron chi connectivity index (χ0n) is 20.9. The topological polar surface area (TPSA) is 131 Å². The molecule has 0 aliphatic carbocycles. The van der Waals surface area contributed by atoms with Crippen LogP contribution in [-0.2, 0) is 20.8 Å². The number of ether oxygens (including phenoxy) is 3. The Morgan fingerprint density at radius 1 is 0.923 bits per heavy atom. The second-order valence-corrected chi connectivity index (χ2v) is 10.3. The molecule has 1 saturated heterocycles. The molecule has 0 spiro atoms. The number of cyclic esters (lactones) is 2. The van der Waals surface area contributed by atoms with Crippen molar-refractivity contribution in [2.45, 2.75) is 31.5 Å². The zero-order valence-corrected chi connectivity index (χ0v) is 21.7. The number of benzene rings is 3. The molecule has 2 aliphatic heterocycles. The van der Waals surface area contributed by atoms with E-state index in [0.717, 1.165) is 11.1 Å². The van der Waals surface area contributed by atoms with Crippen molar-refractivity contribution in [3.8, 4) is 0 Å². The number of carbonyl (C=O) groups excluding carboxylic acids is 3. The fourth-order valence-electron chi connectivity index (χ4n) is 4.49. The highest BCUT2D eigenvalue weighted by molar-refractivity contribution is 7.99. The van der Waals surface area contributed by atoms with Crippen molar-refractivity contribution in [2.24, 2.45) is 0 Å². The first-order valence-electron chi connectivity index (χ1n) is 12.5. The van der Waals surface area contributed by atoms with Gasteiger partial charge in [0, 0.05) is 34.7 Å². The van der Waals surface area contributed by atoms with Crippen LogP contribution in [0.5, 0.6) is 0 Å². The Morgan fingerprint density at radius 2 is 1.72 bits per heavy atom. The molecule has 10 heteroatoms. The molecule has 9 nitrogen and oxygen atoms in total. The molecule has 2 aliphatic rings. The van der Waals surface area contributed by atoms with Gasteiger partial charge < -0.3 is 29.7 Å². The molecule has 5 rings (SSSR count). The number of aliphatic hydroxyl groups excluding tert-OH is 2. The van der Waals surface area contributed by atoms with Crippen LogP contribution in [0.15, 0.2) is 66.7 Å². The van der Waals surface area contributed by atoms with Gasteiger partial charge in [-0.15, -0.1) is 0 Å². The Morgan fingerprint density at radius 3 is 2.49 bits per heavy atom. The minimum absolute atomic E-state index is 0.0376. The number of carbonyl (C=O) groups is 3. The molecule has 1 amide bonds. The standard InChI is InChI=1S/C29H27NO8S/c31-10-11-39-16-22-14-25(18-6-4-17(15-32)5-7-18)37-29(36-22)20-2-1-3-21(12-20)30-26(33)19-8-9-23-24(13-19)28(35)38-27(23)34/h1-9,12-13,22,25,29,31-32H,10-11,14-16H2,(H,30,33). The van der Waals surface area contributed by atoms with Crippen molar-refractivity contribution in [3.63, 3.8) is 0 Å². The second-order valence-electron chi connectivity index (χ2n) is 9.17. The first-order chi connectivity index (χ1) is 18.9. The molecule has 0 radical (unpaired) electrons. The molecule has 0 bridgehead atoms. The van der Waals surface area contributed by atoms with Gasteiger partial charge in [-0.05, 0) is 41.5 Å². The van der Waals surface area contributed by atoms with E-state index in [9.17, 15) is 24.6 Å². The predicted molar refractivity (Wildman–Crippen MR) is 143 cm³/mol. The largest absolute Gasteiger partial charge is 0.396 e. The van der Waals surface area contributed by atoms with Crippen LogP contribution in [0.1, 0.15) is 66.6 Å². The fraction of sp³-hybridized carbons (Fsp3) is 0.276. The van der Waals surface area contributed by atoms with Gasteiger partial charge in [0.15, 0.2) is 6.29 Å². The van der Waals surface area contributed by atoms with Crippen LogP contribution < -0.4 is 5.32 Å². The highest BCUT2D eigenvalue weighted by Crippen LogP contribution is 2.39. The summed E-state index contributed by atoms with van der Waals surface area (Å²) < 4.78 is 17.2. The molecule has 2 heterocycles. The van der Waals surface area contributed by atoms with E-state index >= 15 is 0 Å². The summed E-state index contributed by atoms with van der Waals surface area (Å²) in [4.78, 5) is 36.5. The van der Waals surface area contributed by atoms with Gasteiger partial charge in [-0.1, -0.05) is 36.4 Å². The summed E-state index contributed by atoms with van der Waals surface area (Å²) in [5.74, 6) is -0.654. The van der Waals surface area contributed by atoms with Gasteiger partial charge in [0.2, 0.25) is 0 Å². The molecule has 3 atom stereocenters. The first-order valence-corrected chi connectivity index (χ1v) is 13.6. The van der Waals surface area contributed by atoms with Crippen LogP contribution in [0.4, 0.5) is 5.69 Å². The van der Waals surface area contributed by atoms with E-state index in [2.05, 4.69) is 10.1 Å². The number of esters is 2. The number of nitrogens with one attached hydrogen (secondary N) is 1. The third-order valence-corrected chi connectivity index (χ3v) is 7.56. The van der Waals surface area contributed by atoms with Gasteiger partial charge in [-0.2, -0.15) is 11.8 Å². The van der Waals surface area contributed by atoms with Crippen molar-refractivity contribution in [2.75, 3.05) is 23.4 Å². The molecular formula is C29H27NO8S. The Hall–Kier alpha value is -3.54. The highest BCUT2D eigenvalue weighted by atomic mass is 32.2. The summed E-state index contributed by atoms with van der Waals surface area (Å²) in [6, 6.07) is 19.0. The van der Waals surface area contributed by atoms with Gasteiger partial charge >= 0.3 is 11.9 Å². The summed E-state index contributed by atoms with van der Waals surface area (Å²) in [7, 11) is 0. The number of amides is 1. The van der Waals surface area contributed by atoms with Crippen molar-refractivity contribution in [1.82, 2.24) is 0 Å².